The molecule has 0 atom stereocenters. The van der Waals surface area contributed by atoms with Crippen molar-refractivity contribution in [3.63, 3.8) is 0 Å². The highest BCUT2D eigenvalue weighted by molar-refractivity contribution is 7.92. The Morgan fingerprint density at radius 3 is 2.63 bits per heavy atom. The number of ether oxygens (including phenoxy) is 2. The van der Waals surface area contributed by atoms with Gasteiger partial charge in [0.15, 0.2) is 5.82 Å². The van der Waals surface area contributed by atoms with Gasteiger partial charge in [0.1, 0.15) is 22.2 Å². The largest absolute Gasteiger partial charge is 0.497 e. The number of nitrogens with zero attached hydrogens (tertiary/aromatic N) is 2. The Morgan fingerprint density at radius 1 is 1.11 bits per heavy atom. The summed E-state index contributed by atoms with van der Waals surface area (Å²) in [6.07, 6.45) is 1.60. The van der Waals surface area contributed by atoms with Gasteiger partial charge in [-0.25, -0.2) is 12.8 Å². The average molecular weight is 391 g/mol. The van der Waals surface area contributed by atoms with E-state index < -0.39 is 10.0 Å². The van der Waals surface area contributed by atoms with Gasteiger partial charge in [0.05, 0.1) is 20.8 Å². The zero-order valence-corrected chi connectivity index (χ0v) is 15.5. The first kappa shape index (κ1) is 18.7. The minimum absolute atomic E-state index is 0.0657. The van der Waals surface area contributed by atoms with Gasteiger partial charge in [-0.15, -0.1) is 0 Å². The second-order valence-electron chi connectivity index (χ2n) is 5.65. The molecule has 0 fully saturated rings. The summed E-state index contributed by atoms with van der Waals surface area (Å²) < 4.78 is 52.8. The number of benzene rings is 2. The fraction of sp³-hybridized carbons (Fsp3) is 0.167. The van der Waals surface area contributed by atoms with E-state index >= 15 is 0 Å². The van der Waals surface area contributed by atoms with Gasteiger partial charge < -0.3 is 9.47 Å². The monoisotopic (exact) mass is 391 g/mol. The fourth-order valence-corrected chi connectivity index (χ4v) is 3.69. The van der Waals surface area contributed by atoms with Gasteiger partial charge in [0.2, 0.25) is 0 Å². The highest BCUT2D eigenvalue weighted by Gasteiger charge is 2.21. The molecular weight excluding hydrogens is 373 g/mol. The second-order valence-corrected chi connectivity index (χ2v) is 7.30. The summed E-state index contributed by atoms with van der Waals surface area (Å²) >= 11 is 0. The van der Waals surface area contributed by atoms with Crippen molar-refractivity contribution in [2.24, 2.45) is 0 Å². The Bertz CT molecular complexity index is 1050. The second kappa shape index (κ2) is 7.67. The number of halogens is 1. The van der Waals surface area contributed by atoms with E-state index in [1.807, 2.05) is 0 Å². The van der Waals surface area contributed by atoms with Crippen LogP contribution >= 0.6 is 0 Å². The number of hydrogen-bond acceptors (Lipinski definition) is 5. The maximum absolute atomic E-state index is 13.3. The summed E-state index contributed by atoms with van der Waals surface area (Å²) in [5.41, 5.74) is 0.710. The first-order valence-corrected chi connectivity index (χ1v) is 9.42. The van der Waals surface area contributed by atoms with E-state index in [1.54, 1.807) is 24.4 Å². The van der Waals surface area contributed by atoms with Crippen LogP contribution in [0, 0.1) is 5.82 Å². The highest BCUT2D eigenvalue weighted by atomic mass is 32.2. The van der Waals surface area contributed by atoms with Crippen LogP contribution < -0.4 is 14.2 Å². The van der Waals surface area contributed by atoms with Crippen molar-refractivity contribution in [2.75, 3.05) is 18.9 Å². The maximum Gasteiger partial charge on any atom is 0.266 e. The molecular formula is C18H18FN3O4S. The zero-order valence-electron chi connectivity index (χ0n) is 14.7. The van der Waals surface area contributed by atoms with Crippen molar-refractivity contribution >= 4 is 15.8 Å². The molecule has 0 radical (unpaired) electrons. The topological polar surface area (TPSA) is 82.5 Å². The van der Waals surface area contributed by atoms with E-state index in [4.69, 9.17) is 9.47 Å². The van der Waals surface area contributed by atoms with Crippen molar-refractivity contribution in [2.45, 2.75) is 11.4 Å². The van der Waals surface area contributed by atoms with Gasteiger partial charge in [-0.1, -0.05) is 12.1 Å². The van der Waals surface area contributed by atoms with E-state index in [0.29, 0.717) is 17.9 Å². The van der Waals surface area contributed by atoms with Crippen LogP contribution in [0.15, 0.2) is 59.6 Å². The SMILES string of the molecule is COc1ccc(OC)c(S(=O)(=O)Nc2ccn(Cc3cccc(F)c3)n2)c1. The Hall–Kier alpha value is -3.07. The number of methoxy groups -OCH3 is 2. The average Bonchev–Trinajstić information content (AvgIpc) is 3.07. The molecule has 1 heterocycles. The highest BCUT2D eigenvalue weighted by Crippen LogP contribution is 2.29. The molecule has 3 rings (SSSR count). The van der Waals surface area contributed by atoms with Crippen molar-refractivity contribution < 1.29 is 22.3 Å². The Morgan fingerprint density at radius 2 is 1.93 bits per heavy atom. The van der Waals surface area contributed by atoms with Crippen molar-refractivity contribution in [3.05, 3.63) is 66.1 Å². The predicted octanol–water partition coefficient (Wildman–Crippen LogP) is 2.89. The minimum atomic E-state index is -3.95. The molecule has 0 aliphatic carbocycles. The molecule has 0 saturated heterocycles. The van der Waals surface area contributed by atoms with Gasteiger partial charge in [-0.2, -0.15) is 5.10 Å². The van der Waals surface area contributed by atoms with Crippen LogP contribution in [0.4, 0.5) is 10.2 Å². The zero-order chi connectivity index (χ0) is 19.4. The van der Waals surface area contributed by atoms with E-state index in [2.05, 4.69) is 9.82 Å². The molecule has 142 valence electrons. The lowest BCUT2D eigenvalue weighted by atomic mass is 10.2. The van der Waals surface area contributed by atoms with Crippen LogP contribution in [0.5, 0.6) is 11.5 Å². The summed E-state index contributed by atoms with van der Waals surface area (Å²) in [4.78, 5) is -0.0657. The summed E-state index contributed by atoms with van der Waals surface area (Å²) in [7, 11) is -1.12. The minimum Gasteiger partial charge on any atom is -0.497 e. The molecule has 0 bridgehead atoms. The first-order chi connectivity index (χ1) is 12.9. The van der Waals surface area contributed by atoms with Crippen molar-refractivity contribution in [1.82, 2.24) is 9.78 Å². The third-order valence-electron chi connectivity index (χ3n) is 3.77. The molecule has 27 heavy (non-hydrogen) atoms. The molecule has 1 N–H and O–H groups in total. The van der Waals surface area contributed by atoms with Gasteiger partial charge >= 0.3 is 0 Å². The molecule has 0 spiro atoms. The van der Waals surface area contributed by atoms with E-state index in [9.17, 15) is 12.8 Å². The third-order valence-corrected chi connectivity index (χ3v) is 5.15. The molecule has 1 aromatic heterocycles. The van der Waals surface area contributed by atoms with Crippen molar-refractivity contribution in [1.29, 1.82) is 0 Å². The lowest BCUT2D eigenvalue weighted by Crippen LogP contribution is -2.15. The number of aromatic nitrogens is 2. The van der Waals surface area contributed by atoms with E-state index in [-0.39, 0.29) is 22.3 Å². The van der Waals surface area contributed by atoms with Crippen LogP contribution in [0.3, 0.4) is 0 Å². The molecule has 0 aliphatic heterocycles. The summed E-state index contributed by atoms with van der Waals surface area (Å²) in [6.45, 7) is 0.308. The van der Waals surface area contributed by atoms with Gasteiger partial charge in [-0.05, 0) is 29.8 Å². The Labute approximate surface area is 156 Å². The maximum atomic E-state index is 13.3. The quantitative estimate of drug-likeness (QED) is 0.670. The standard InChI is InChI=1S/C18H18FN3O4S/c1-25-15-6-7-16(26-2)17(11-15)27(23,24)21-18-8-9-22(20-18)12-13-4-3-5-14(19)10-13/h3-11H,12H2,1-2H3,(H,20,21). The smallest absolute Gasteiger partial charge is 0.266 e. The van der Waals surface area contributed by atoms with Crippen LogP contribution in [0.2, 0.25) is 0 Å². The number of rotatable bonds is 7. The van der Waals surface area contributed by atoms with Gasteiger partial charge in [0.25, 0.3) is 10.0 Å². The molecule has 0 amide bonds. The lowest BCUT2D eigenvalue weighted by molar-refractivity contribution is 0.392. The number of anilines is 1. The Balaban J connectivity index is 1.82. The predicted molar refractivity (Wildman–Crippen MR) is 98.1 cm³/mol. The molecule has 0 aliphatic rings. The lowest BCUT2D eigenvalue weighted by Gasteiger charge is -2.11. The fourth-order valence-electron chi connectivity index (χ4n) is 2.51. The van der Waals surface area contributed by atoms with Crippen molar-refractivity contribution in [3.8, 4) is 11.5 Å². The summed E-state index contributed by atoms with van der Waals surface area (Å²) in [5, 5.41) is 4.18. The number of hydrogen-bond donors (Lipinski definition) is 1. The normalized spacial score (nSPS) is 11.2. The number of nitrogens with one attached hydrogen (secondary N) is 1. The van der Waals surface area contributed by atoms with E-state index in [1.165, 1.54) is 49.2 Å². The van der Waals surface area contributed by atoms with Crippen LogP contribution in [0.25, 0.3) is 0 Å². The Kier molecular flexibility index (Phi) is 5.31. The molecule has 2 aromatic carbocycles. The molecule has 0 unspecified atom stereocenters. The third kappa shape index (κ3) is 4.37. The van der Waals surface area contributed by atoms with Crippen LogP contribution in [-0.4, -0.2) is 32.4 Å². The summed E-state index contributed by atoms with van der Waals surface area (Å²) in [5.74, 6) is 0.359. The molecule has 3 aromatic rings. The first-order valence-electron chi connectivity index (χ1n) is 7.94. The van der Waals surface area contributed by atoms with Crippen LogP contribution in [0.1, 0.15) is 5.56 Å². The molecule has 9 heteroatoms. The molecule has 7 nitrogen and oxygen atoms in total. The molecule has 0 saturated carbocycles. The summed E-state index contributed by atoms with van der Waals surface area (Å²) in [6, 6.07) is 12.1. The van der Waals surface area contributed by atoms with E-state index in [0.717, 1.165) is 0 Å². The number of sulfonamides is 1. The van der Waals surface area contributed by atoms with Crippen LogP contribution in [-0.2, 0) is 16.6 Å². The van der Waals surface area contributed by atoms with Gasteiger partial charge in [-0.3, -0.25) is 9.40 Å². The van der Waals surface area contributed by atoms with Gasteiger partial charge in [0, 0.05) is 18.3 Å².